The summed E-state index contributed by atoms with van der Waals surface area (Å²) in [6.07, 6.45) is 0. The van der Waals surface area contributed by atoms with E-state index in [4.69, 9.17) is 0 Å². The van der Waals surface area contributed by atoms with E-state index < -0.39 is 0 Å². The number of hydrogen-bond donors (Lipinski definition) is 0. The van der Waals surface area contributed by atoms with Gasteiger partial charge in [-0.1, -0.05) is 105 Å². The summed E-state index contributed by atoms with van der Waals surface area (Å²) >= 11 is 7.22. The van der Waals surface area contributed by atoms with Gasteiger partial charge in [-0.2, -0.15) is 0 Å². The molecule has 202 valence electrons. The van der Waals surface area contributed by atoms with Gasteiger partial charge in [0.05, 0.1) is 11.4 Å². The summed E-state index contributed by atoms with van der Waals surface area (Å²) in [5, 5.41) is 4.84. The van der Waals surface area contributed by atoms with Crippen LogP contribution in [0.2, 0.25) is 0 Å². The largest absolute Gasteiger partial charge is 0.310 e. The minimum Gasteiger partial charge on any atom is -0.310 e. The Morgan fingerprint density at radius 2 is 0.619 bits per heavy atom. The normalized spacial score (nSPS) is 11.1. The molecular weight excluding hydrogens is 644 g/mol. The molecule has 42 heavy (non-hydrogen) atoms. The van der Waals surface area contributed by atoms with Gasteiger partial charge in [0.15, 0.2) is 0 Å². The minimum absolute atomic E-state index is 1.06. The SMILES string of the molecule is Brc1ccc(N(c2ccc(N(c3ccc(Br)cc3)c3cccc4ccccc34)cc2)c2cccc3ccccc23)cc1. The fraction of sp³-hybridized carbons (Fsp3) is 0. The lowest BCUT2D eigenvalue weighted by Crippen LogP contribution is -2.12. The molecule has 0 heterocycles. The first-order valence-corrected chi connectivity index (χ1v) is 15.4. The first-order valence-electron chi connectivity index (χ1n) is 13.8. The van der Waals surface area contributed by atoms with Crippen LogP contribution >= 0.6 is 31.9 Å². The summed E-state index contributed by atoms with van der Waals surface area (Å²) in [6, 6.07) is 56.0. The molecule has 7 rings (SSSR count). The highest BCUT2D eigenvalue weighted by atomic mass is 79.9. The highest BCUT2D eigenvalue weighted by Gasteiger charge is 2.18. The Hall–Kier alpha value is -4.38. The van der Waals surface area contributed by atoms with E-state index in [1.54, 1.807) is 0 Å². The zero-order valence-electron chi connectivity index (χ0n) is 22.7. The van der Waals surface area contributed by atoms with Gasteiger partial charge in [0, 0.05) is 42.5 Å². The average molecular weight is 670 g/mol. The Bertz CT molecular complexity index is 1840. The topological polar surface area (TPSA) is 6.48 Å². The summed E-state index contributed by atoms with van der Waals surface area (Å²) < 4.78 is 2.11. The Kier molecular flexibility index (Phi) is 7.25. The molecule has 0 bridgehead atoms. The lowest BCUT2D eigenvalue weighted by Gasteiger charge is -2.29. The summed E-state index contributed by atoms with van der Waals surface area (Å²) in [7, 11) is 0. The second kappa shape index (κ2) is 11.5. The summed E-state index contributed by atoms with van der Waals surface area (Å²) in [5.41, 5.74) is 6.66. The Balaban J connectivity index is 1.38. The van der Waals surface area contributed by atoms with Crippen LogP contribution in [0, 0.1) is 0 Å². The van der Waals surface area contributed by atoms with Crippen molar-refractivity contribution in [2.75, 3.05) is 9.80 Å². The molecule has 4 heteroatoms. The van der Waals surface area contributed by atoms with Gasteiger partial charge in [-0.15, -0.1) is 0 Å². The highest BCUT2D eigenvalue weighted by molar-refractivity contribution is 9.10. The Labute approximate surface area is 262 Å². The molecule has 0 aromatic heterocycles. The lowest BCUT2D eigenvalue weighted by molar-refractivity contribution is 1.27. The maximum Gasteiger partial charge on any atom is 0.0540 e. The molecule has 0 saturated heterocycles. The molecule has 0 saturated carbocycles. The lowest BCUT2D eigenvalue weighted by atomic mass is 10.1. The van der Waals surface area contributed by atoms with Gasteiger partial charge in [-0.25, -0.2) is 0 Å². The van der Waals surface area contributed by atoms with Crippen molar-refractivity contribution in [1.82, 2.24) is 0 Å². The van der Waals surface area contributed by atoms with Crippen molar-refractivity contribution in [2.45, 2.75) is 0 Å². The van der Waals surface area contributed by atoms with Crippen molar-refractivity contribution >= 4 is 87.5 Å². The number of halogens is 2. The van der Waals surface area contributed by atoms with E-state index >= 15 is 0 Å². The predicted octanol–water partition coefficient (Wildman–Crippen LogP) is 12.5. The maximum absolute atomic E-state index is 3.61. The third-order valence-electron chi connectivity index (χ3n) is 7.55. The standard InChI is InChI=1S/C38H26Br2N2/c39-29-15-19-31(20-16-29)41(37-13-5-9-27-7-1-3-11-35(27)37)33-23-25-34(26-24-33)42(32-21-17-30(40)18-22-32)38-14-6-10-28-8-2-4-12-36(28)38/h1-26H. The molecule has 0 spiro atoms. The molecule has 0 aliphatic carbocycles. The maximum atomic E-state index is 3.61. The van der Waals surface area contributed by atoms with Crippen molar-refractivity contribution in [3.8, 4) is 0 Å². The van der Waals surface area contributed by atoms with Gasteiger partial charge in [0.2, 0.25) is 0 Å². The summed E-state index contributed by atoms with van der Waals surface area (Å²) in [6.45, 7) is 0. The van der Waals surface area contributed by atoms with Gasteiger partial charge >= 0.3 is 0 Å². The number of fused-ring (bicyclic) bond motifs is 2. The molecule has 0 amide bonds. The van der Waals surface area contributed by atoms with E-state index in [0.29, 0.717) is 0 Å². The van der Waals surface area contributed by atoms with Crippen molar-refractivity contribution in [3.05, 3.63) is 167 Å². The quantitative estimate of drug-likeness (QED) is 0.174. The van der Waals surface area contributed by atoms with Crippen LogP contribution in [0.1, 0.15) is 0 Å². The molecule has 0 aliphatic heterocycles. The third-order valence-corrected chi connectivity index (χ3v) is 8.61. The van der Waals surface area contributed by atoms with E-state index in [1.807, 2.05) is 0 Å². The van der Waals surface area contributed by atoms with Crippen LogP contribution in [0.15, 0.2) is 167 Å². The summed E-state index contributed by atoms with van der Waals surface area (Å²) in [4.78, 5) is 4.67. The number of hydrogen-bond acceptors (Lipinski definition) is 2. The molecular formula is C38H26Br2N2. The van der Waals surface area contributed by atoms with Crippen LogP contribution in [0.5, 0.6) is 0 Å². The van der Waals surface area contributed by atoms with E-state index in [2.05, 4.69) is 199 Å². The molecule has 0 radical (unpaired) electrons. The summed E-state index contributed by atoms with van der Waals surface area (Å²) in [5.74, 6) is 0. The molecule has 7 aromatic rings. The smallest absolute Gasteiger partial charge is 0.0540 e. The number of rotatable bonds is 6. The molecule has 0 N–H and O–H groups in total. The average Bonchev–Trinajstić information content (AvgIpc) is 3.04. The number of benzene rings is 7. The Morgan fingerprint density at radius 3 is 1.00 bits per heavy atom. The number of nitrogens with zero attached hydrogens (tertiary/aromatic N) is 2. The fourth-order valence-electron chi connectivity index (χ4n) is 5.59. The van der Waals surface area contributed by atoms with E-state index in [1.165, 1.54) is 21.5 Å². The van der Waals surface area contributed by atoms with Gasteiger partial charge < -0.3 is 9.80 Å². The predicted molar refractivity (Wildman–Crippen MR) is 186 cm³/mol. The fourth-order valence-corrected chi connectivity index (χ4v) is 6.12. The zero-order chi connectivity index (χ0) is 28.5. The van der Waals surface area contributed by atoms with Gasteiger partial charge in [-0.3, -0.25) is 0 Å². The molecule has 0 unspecified atom stereocenters. The second-order valence-electron chi connectivity index (χ2n) is 10.1. The first kappa shape index (κ1) is 26.5. The Morgan fingerprint density at radius 1 is 0.310 bits per heavy atom. The van der Waals surface area contributed by atoms with Crippen molar-refractivity contribution in [3.63, 3.8) is 0 Å². The monoisotopic (exact) mass is 668 g/mol. The van der Waals surface area contributed by atoms with E-state index in [-0.39, 0.29) is 0 Å². The molecule has 0 atom stereocenters. The number of anilines is 6. The molecule has 7 aromatic carbocycles. The molecule has 0 fully saturated rings. The van der Waals surface area contributed by atoms with E-state index in [0.717, 1.165) is 43.1 Å². The van der Waals surface area contributed by atoms with Gasteiger partial charge in [-0.05, 0) is 95.7 Å². The van der Waals surface area contributed by atoms with E-state index in [9.17, 15) is 0 Å². The van der Waals surface area contributed by atoms with Crippen LogP contribution in [0.4, 0.5) is 34.1 Å². The van der Waals surface area contributed by atoms with Gasteiger partial charge in [0.25, 0.3) is 0 Å². The minimum atomic E-state index is 1.06. The van der Waals surface area contributed by atoms with Crippen molar-refractivity contribution in [1.29, 1.82) is 0 Å². The van der Waals surface area contributed by atoms with Crippen LogP contribution in [0.25, 0.3) is 21.5 Å². The molecule has 2 nitrogen and oxygen atoms in total. The first-order chi connectivity index (χ1) is 20.7. The highest BCUT2D eigenvalue weighted by Crippen LogP contribution is 2.43. The van der Waals surface area contributed by atoms with Crippen LogP contribution < -0.4 is 9.80 Å². The zero-order valence-corrected chi connectivity index (χ0v) is 25.8. The molecule has 0 aliphatic rings. The second-order valence-corrected chi connectivity index (χ2v) is 12.0. The van der Waals surface area contributed by atoms with Crippen LogP contribution in [-0.4, -0.2) is 0 Å². The van der Waals surface area contributed by atoms with Crippen molar-refractivity contribution < 1.29 is 0 Å². The third kappa shape index (κ3) is 5.09. The van der Waals surface area contributed by atoms with Gasteiger partial charge in [0.1, 0.15) is 0 Å². The van der Waals surface area contributed by atoms with Crippen LogP contribution in [-0.2, 0) is 0 Å². The van der Waals surface area contributed by atoms with Crippen molar-refractivity contribution in [2.24, 2.45) is 0 Å². The van der Waals surface area contributed by atoms with Crippen LogP contribution in [0.3, 0.4) is 0 Å².